The van der Waals surface area contributed by atoms with Crippen LogP contribution in [0.2, 0.25) is 0 Å². The molecule has 0 radical (unpaired) electrons. The summed E-state index contributed by atoms with van der Waals surface area (Å²) < 4.78 is 0. The van der Waals surface area contributed by atoms with E-state index >= 15 is 0 Å². The van der Waals surface area contributed by atoms with Crippen molar-refractivity contribution >= 4 is 5.91 Å². The molecule has 0 bridgehead atoms. The summed E-state index contributed by atoms with van der Waals surface area (Å²) in [5.41, 5.74) is 9.20. The molecular weight excluding hydrogens is 290 g/mol. The van der Waals surface area contributed by atoms with Crippen molar-refractivity contribution in [1.29, 1.82) is 5.26 Å². The molecule has 2 heterocycles. The molecular formula is C17H23N5O. The van der Waals surface area contributed by atoms with Crippen molar-refractivity contribution in [2.75, 3.05) is 0 Å². The molecule has 23 heavy (non-hydrogen) atoms. The van der Waals surface area contributed by atoms with E-state index in [-0.39, 0.29) is 11.9 Å². The lowest BCUT2D eigenvalue weighted by atomic mass is 9.79. The Hall–Kier alpha value is -1.97. The molecule has 1 amide bonds. The van der Waals surface area contributed by atoms with Gasteiger partial charge in [0.25, 0.3) is 5.91 Å². The van der Waals surface area contributed by atoms with Gasteiger partial charge in [-0.3, -0.25) is 15.6 Å². The predicted molar refractivity (Wildman–Crippen MR) is 86.5 cm³/mol. The normalized spacial score (nSPS) is 29.7. The maximum Gasteiger partial charge on any atom is 0.270 e. The van der Waals surface area contributed by atoms with Gasteiger partial charge in [0, 0.05) is 24.3 Å². The third-order valence-electron chi connectivity index (χ3n) is 5.35. The van der Waals surface area contributed by atoms with Crippen LogP contribution in [-0.2, 0) is 0 Å². The molecule has 1 saturated heterocycles. The van der Waals surface area contributed by atoms with Gasteiger partial charge in [0.15, 0.2) is 0 Å². The lowest BCUT2D eigenvalue weighted by Crippen LogP contribution is -2.44. The van der Waals surface area contributed by atoms with Gasteiger partial charge < -0.3 is 5.32 Å². The van der Waals surface area contributed by atoms with Crippen LogP contribution in [0.15, 0.2) is 6.20 Å². The molecule has 122 valence electrons. The summed E-state index contributed by atoms with van der Waals surface area (Å²) in [6.45, 7) is 5.88. The number of aromatic nitrogens is 1. The van der Waals surface area contributed by atoms with Gasteiger partial charge in [0.1, 0.15) is 11.8 Å². The van der Waals surface area contributed by atoms with Crippen molar-refractivity contribution < 1.29 is 4.79 Å². The van der Waals surface area contributed by atoms with Gasteiger partial charge in [0.2, 0.25) is 0 Å². The van der Waals surface area contributed by atoms with E-state index < -0.39 is 0 Å². The number of fused-ring (bicyclic) bond motifs is 1. The third kappa shape index (κ3) is 2.94. The van der Waals surface area contributed by atoms with Crippen molar-refractivity contribution in [1.82, 2.24) is 21.2 Å². The highest BCUT2D eigenvalue weighted by Crippen LogP contribution is 2.30. The Bertz CT molecular complexity index is 666. The van der Waals surface area contributed by atoms with Gasteiger partial charge in [-0.25, -0.2) is 4.98 Å². The number of rotatable bonds is 2. The van der Waals surface area contributed by atoms with E-state index in [2.05, 4.69) is 34.1 Å². The zero-order valence-corrected chi connectivity index (χ0v) is 13.8. The highest BCUT2D eigenvalue weighted by atomic mass is 16.1. The Kier molecular flexibility index (Phi) is 4.33. The summed E-state index contributed by atoms with van der Waals surface area (Å²) >= 11 is 0. The fraction of sp³-hybridized carbons (Fsp3) is 0.588. The van der Waals surface area contributed by atoms with E-state index in [1.807, 2.05) is 13.8 Å². The van der Waals surface area contributed by atoms with Crippen molar-refractivity contribution in [3.05, 3.63) is 28.6 Å². The van der Waals surface area contributed by atoms with Gasteiger partial charge in [-0.05, 0) is 57.1 Å². The maximum absolute atomic E-state index is 12.6. The summed E-state index contributed by atoms with van der Waals surface area (Å²) in [6.07, 6.45) is 4.50. The molecule has 6 heteroatoms. The van der Waals surface area contributed by atoms with Crippen LogP contribution >= 0.6 is 0 Å². The molecule has 1 aliphatic heterocycles. The van der Waals surface area contributed by atoms with Crippen LogP contribution in [0.3, 0.4) is 0 Å². The van der Waals surface area contributed by atoms with Crippen LogP contribution in [-0.4, -0.2) is 29.0 Å². The number of carbonyl (C=O) groups is 1. The maximum atomic E-state index is 12.6. The first-order valence-corrected chi connectivity index (χ1v) is 8.19. The second-order valence-corrected chi connectivity index (χ2v) is 6.71. The Labute approximate surface area is 136 Å². The monoisotopic (exact) mass is 313 g/mol. The van der Waals surface area contributed by atoms with Gasteiger partial charge >= 0.3 is 0 Å². The first kappa shape index (κ1) is 15.9. The van der Waals surface area contributed by atoms with E-state index in [1.54, 1.807) is 0 Å². The van der Waals surface area contributed by atoms with E-state index in [9.17, 15) is 4.79 Å². The average molecular weight is 313 g/mol. The number of carbonyl (C=O) groups excluding carboxylic acids is 1. The van der Waals surface area contributed by atoms with E-state index in [1.165, 1.54) is 6.20 Å². The van der Waals surface area contributed by atoms with Crippen molar-refractivity contribution in [2.45, 2.75) is 58.2 Å². The predicted octanol–water partition coefficient (Wildman–Crippen LogP) is 1.33. The molecule has 4 unspecified atom stereocenters. The number of hydrogen-bond donors (Lipinski definition) is 3. The fourth-order valence-corrected chi connectivity index (χ4v) is 3.71. The van der Waals surface area contributed by atoms with E-state index in [0.29, 0.717) is 29.3 Å². The standard InChI is InChI=1S/C17H23N5O/c1-9-10(2)16(19-8-12(9)7-18)17(23)20-13-4-5-15-14(6-13)11(3)21-22-15/h8,11,13-15,21-22H,4-6H2,1-3H3,(H,20,23). The number of hydrazine groups is 1. The van der Waals surface area contributed by atoms with Crippen molar-refractivity contribution in [2.24, 2.45) is 5.92 Å². The highest BCUT2D eigenvalue weighted by molar-refractivity contribution is 5.94. The van der Waals surface area contributed by atoms with Crippen LogP contribution < -0.4 is 16.2 Å². The number of pyridine rings is 1. The molecule has 4 atom stereocenters. The van der Waals surface area contributed by atoms with Gasteiger partial charge in [-0.15, -0.1) is 0 Å². The molecule has 2 fully saturated rings. The van der Waals surface area contributed by atoms with Gasteiger partial charge in [-0.2, -0.15) is 5.26 Å². The Morgan fingerprint density at radius 3 is 2.87 bits per heavy atom. The molecule has 0 aromatic carbocycles. The highest BCUT2D eigenvalue weighted by Gasteiger charge is 2.38. The number of nitrogens with one attached hydrogen (secondary N) is 3. The van der Waals surface area contributed by atoms with Crippen molar-refractivity contribution in [3.63, 3.8) is 0 Å². The summed E-state index contributed by atoms with van der Waals surface area (Å²) in [5, 5.41) is 12.2. The number of amides is 1. The van der Waals surface area contributed by atoms with Crippen molar-refractivity contribution in [3.8, 4) is 6.07 Å². The topological polar surface area (TPSA) is 89.8 Å². The minimum absolute atomic E-state index is 0.134. The molecule has 3 rings (SSSR count). The lowest BCUT2D eigenvalue weighted by molar-refractivity contribution is 0.0910. The number of nitrogens with zero attached hydrogens (tertiary/aromatic N) is 2. The van der Waals surface area contributed by atoms with E-state index in [4.69, 9.17) is 5.26 Å². The Balaban J connectivity index is 1.70. The van der Waals surface area contributed by atoms with Gasteiger partial charge in [0.05, 0.1) is 5.56 Å². The average Bonchev–Trinajstić information content (AvgIpc) is 2.91. The zero-order valence-electron chi connectivity index (χ0n) is 13.8. The van der Waals surface area contributed by atoms with Crippen LogP contribution in [0, 0.1) is 31.1 Å². The smallest absolute Gasteiger partial charge is 0.270 e. The molecule has 6 nitrogen and oxygen atoms in total. The number of hydrogen-bond acceptors (Lipinski definition) is 5. The van der Waals surface area contributed by atoms with Crippen LogP contribution in [0.4, 0.5) is 0 Å². The molecule has 1 saturated carbocycles. The summed E-state index contributed by atoms with van der Waals surface area (Å²) in [5.74, 6) is 0.413. The summed E-state index contributed by atoms with van der Waals surface area (Å²) in [6, 6.07) is 3.23. The van der Waals surface area contributed by atoms with Crippen LogP contribution in [0.1, 0.15) is 53.4 Å². The summed E-state index contributed by atoms with van der Waals surface area (Å²) in [7, 11) is 0. The van der Waals surface area contributed by atoms with Gasteiger partial charge in [-0.1, -0.05) is 0 Å². The minimum atomic E-state index is -0.134. The molecule has 3 N–H and O–H groups in total. The Morgan fingerprint density at radius 1 is 1.35 bits per heavy atom. The molecule has 1 aromatic rings. The summed E-state index contributed by atoms with van der Waals surface area (Å²) in [4.78, 5) is 16.8. The van der Waals surface area contributed by atoms with E-state index in [0.717, 1.165) is 30.4 Å². The third-order valence-corrected chi connectivity index (χ3v) is 5.35. The van der Waals surface area contributed by atoms with Crippen LogP contribution in [0.5, 0.6) is 0 Å². The quantitative estimate of drug-likeness (QED) is 0.766. The molecule has 2 aliphatic rings. The molecule has 1 aliphatic carbocycles. The lowest BCUT2D eigenvalue weighted by Gasteiger charge is -2.32. The zero-order chi connectivity index (χ0) is 16.6. The SMILES string of the molecule is Cc1c(C#N)cnc(C(=O)NC2CCC3NNC(C)C3C2)c1C. The fourth-order valence-electron chi connectivity index (χ4n) is 3.71. The molecule has 0 spiro atoms. The molecule has 1 aromatic heterocycles. The second kappa shape index (κ2) is 6.26. The Morgan fingerprint density at radius 2 is 2.13 bits per heavy atom. The second-order valence-electron chi connectivity index (χ2n) is 6.71. The first-order valence-electron chi connectivity index (χ1n) is 8.19. The number of nitriles is 1. The minimum Gasteiger partial charge on any atom is -0.348 e. The largest absolute Gasteiger partial charge is 0.348 e. The first-order chi connectivity index (χ1) is 11.0. The van der Waals surface area contributed by atoms with Crippen LogP contribution in [0.25, 0.3) is 0 Å².